The Labute approximate surface area is 149 Å². The van der Waals surface area contributed by atoms with Crippen LogP contribution in [0, 0.1) is 6.92 Å². The first-order valence-electron chi connectivity index (χ1n) is 7.83. The van der Waals surface area contributed by atoms with E-state index in [9.17, 15) is 18.0 Å². The lowest BCUT2D eigenvalue weighted by Gasteiger charge is -2.29. The molecular weight excluding hydrogens is 362 g/mol. The van der Waals surface area contributed by atoms with E-state index in [0.29, 0.717) is 11.5 Å². The van der Waals surface area contributed by atoms with E-state index in [1.54, 1.807) is 13.0 Å². The van der Waals surface area contributed by atoms with Gasteiger partial charge >= 0.3 is 0 Å². The molecule has 9 nitrogen and oxygen atoms in total. The second kappa shape index (κ2) is 6.79. The van der Waals surface area contributed by atoms with Crippen molar-refractivity contribution < 1.29 is 27.3 Å². The standard InChI is InChI=1S/C16H17N3O6S/c1-3-26(22,23)11-4-5-13-12(7-11)19(16(21)9-24-13)8-15(20)17-14-6-10(2)25-18-14/h4-7H,3,8-9H2,1-2H3,(H,17,18,20). The second-order valence-corrected chi connectivity index (χ2v) is 7.95. The Morgan fingerprint density at radius 1 is 1.35 bits per heavy atom. The SMILES string of the molecule is CCS(=O)(=O)c1ccc2c(c1)N(CC(=O)Nc1cc(C)on1)C(=O)CO2. The molecule has 3 rings (SSSR count). The molecule has 138 valence electrons. The van der Waals surface area contributed by atoms with Crippen LogP contribution < -0.4 is 15.0 Å². The molecule has 0 saturated heterocycles. The van der Waals surface area contributed by atoms with Gasteiger partial charge in [0.2, 0.25) is 5.91 Å². The van der Waals surface area contributed by atoms with Gasteiger partial charge in [-0.15, -0.1) is 0 Å². The normalized spacial score (nSPS) is 13.9. The molecule has 2 heterocycles. The van der Waals surface area contributed by atoms with Crippen LogP contribution in [0.1, 0.15) is 12.7 Å². The predicted octanol–water partition coefficient (Wildman–Crippen LogP) is 1.14. The monoisotopic (exact) mass is 379 g/mol. The second-order valence-electron chi connectivity index (χ2n) is 5.67. The molecule has 0 atom stereocenters. The number of carbonyl (C=O) groups is 2. The third kappa shape index (κ3) is 3.54. The molecule has 2 amide bonds. The van der Waals surface area contributed by atoms with Crippen molar-refractivity contribution in [1.82, 2.24) is 5.16 Å². The van der Waals surface area contributed by atoms with E-state index in [2.05, 4.69) is 10.5 Å². The van der Waals surface area contributed by atoms with Gasteiger partial charge in [-0.1, -0.05) is 12.1 Å². The Hall–Kier alpha value is -2.88. The van der Waals surface area contributed by atoms with Gasteiger partial charge in [-0.3, -0.25) is 14.5 Å². The van der Waals surface area contributed by atoms with Crippen LogP contribution in [0.3, 0.4) is 0 Å². The van der Waals surface area contributed by atoms with Crippen molar-refractivity contribution in [3.05, 3.63) is 30.0 Å². The van der Waals surface area contributed by atoms with Gasteiger partial charge in [0.15, 0.2) is 22.3 Å². The summed E-state index contributed by atoms with van der Waals surface area (Å²) in [5.74, 6) is 0.0772. The highest BCUT2D eigenvalue weighted by atomic mass is 32.2. The average molecular weight is 379 g/mol. The van der Waals surface area contributed by atoms with E-state index in [1.807, 2.05) is 0 Å². The van der Waals surface area contributed by atoms with Crippen LogP contribution in [0.25, 0.3) is 0 Å². The number of rotatable bonds is 5. The molecule has 1 aliphatic rings. The maximum absolute atomic E-state index is 12.2. The lowest BCUT2D eigenvalue weighted by atomic mass is 10.2. The van der Waals surface area contributed by atoms with Gasteiger partial charge in [-0.2, -0.15) is 0 Å². The fourth-order valence-electron chi connectivity index (χ4n) is 2.47. The minimum Gasteiger partial charge on any atom is -0.482 e. The van der Waals surface area contributed by atoms with Crippen LogP contribution in [0.5, 0.6) is 5.75 Å². The van der Waals surface area contributed by atoms with E-state index >= 15 is 0 Å². The number of nitrogens with one attached hydrogen (secondary N) is 1. The molecule has 0 unspecified atom stereocenters. The number of aryl methyl sites for hydroxylation is 1. The van der Waals surface area contributed by atoms with Gasteiger partial charge in [-0.25, -0.2) is 8.42 Å². The Kier molecular flexibility index (Phi) is 4.68. The number of nitrogens with zero attached hydrogens (tertiary/aromatic N) is 2. The van der Waals surface area contributed by atoms with Crippen molar-refractivity contribution in [3.8, 4) is 5.75 Å². The predicted molar refractivity (Wildman–Crippen MR) is 91.9 cm³/mol. The molecule has 26 heavy (non-hydrogen) atoms. The molecule has 1 aromatic heterocycles. The Morgan fingerprint density at radius 3 is 2.77 bits per heavy atom. The number of amides is 2. The van der Waals surface area contributed by atoms with Crippen LogP contribution in [0.4, 0.5) is 11.5 Å². The summed E-state index contributed by atoms with van der Waals surface area (Å²) >= 11 is 0. The minimum atomic E-state index is -3.46. The molecule has 0 spiro atoms. The first-order valence-corrected chi connectivity index (χ1v) is 9.48. The summed E-state index contributed by atoms with van der Waals surface area (Å²) in [6.45, 7) is 2.67. The lowest BCUT2D eigenvalue weighted by Crippen LogP contribution is -2.43. The van der Waals surface area contributed by atoms with Crippen LogP contribution in [-0.2, 0) is 19.4 Å². The van der Waals surface area contributed by atoms with E-state index in [4.69, 9.17) is 9.26 Å². The van der Waals surface area contributed by atoms with Crippen molar-refractivity contribution in [2.45, 2.75) is 18.7 Å². The largest absolute Gasteiger partial charge is 0.482 e. The summed E-state index contributed by atoms with van der Waals surface area (Å²) in [6.07, 6.45) is 0. The van der Waals surface area contributed by atoms with Gasteiger partial charge in [-0.05, 0) is 25.1 Å². The number of benzene rings is 1. The zero-order valence-electron chi connectivity index (χ0n) is 14.2. The number of carbonyl (C=O) groups excluding carboxylic acids is 2. The van der Waals surface area contributed by atoms with Crippen LogP contribution >= 0.6 is 0 Å². The lowest BCUT2D eigenvalue weighted by molar-refractivity contribution is -0.123. The Morgan fingerprint density at radius 2 is 2.12 bits per heavy atom. The summed E-state index contributed by atoms with van der Waals surface area (Å²) in [5, 5.41) is 6.18. The maximum atomic E-state index is 12.2. The summed E-state index contributed by atoms with van der Waals surface area (Å²) in [5.41, 5.74) is 0.238. The van der Waals surface area contributed by atoms with Crippen LogP contribution in [0.2, 0.25) is 0 Å². The van der Waals surface area contributed by atoms with E-state index in [-0.39, 0.29) is 35.3 Å². The number of ether oxygens (including phenoxy) is 1. The molecule has 1 aliphatic heterocycles. The summed E-state index contributed by atoms with van der Waals surface area (Å²) in [4.78, 5) is 25.7. The number of hydrogen-bond donors (Lipinski definition) is 1. The molecule has 0 fully saturated rings. The first kappa shape index (κ1) is 17.9. The quantitative estimate of drug-likeness (QED) is 0.827. The number of hydrogen-bond acceptors (Lipinski definition) is 7. The topological polar surface area (TPSA) is 119 Å². The number of sulfone groups is 1. The maximum Gasteiger partial charge on any atom is 0.265 e. The minimum absolute atomic E-state index is 0.0644. The van der Waals surface area contributed by atoms with Crippen molar-refractivity contribution in [3.63, 3.8) is 0 Å². The van der Waals surface area contributed by atoms with E-state index in [0.717, 1.165) is 0 Å². The highest BCUT2D eigenvalue weighted by molar-refractivity contribution is 7.91. The molecule has 10 heteroatoms. The van der Waals surface area contributed by atoms with Crippen LogP contribution in [0.15, 0.2) is 33.7 Å². The van der Waals surface area contributed by atoms with Crippen molar-refractivity contribution in [2.75, 3.05) is 29.1 Å². The van der Waals surface area contributed by atoms with Gasteiger partial charge in [0.25, 0.3) is 5.91 Å². The highest BCUT2D eigenvalue weighted by Gasteiger charge is 2.29. The summed E-state index contributed by atoms with van der Waals surface area (Å²) < 4.78 is 34.4. The fourth-order valence-corrected chi connectivity index (χ4v) is 3.37. The third-order valence-corrected chi connectivity index (χ3v) is 5.54. The molecular formula is C16H17N3O6S. The highest BCUT2D eigenvalue weighted by Crippen LogP contribution is 2.34. The zero-order valence-corrected chi connectivity index (χ0v) is 15.0. The summed E-state index contributed by atoms with van der Waals surface area (Å²) in [6, 6.07) is 5.79. The molecule has 0 bridgehead atoms. The van der Waals surface area contributed by atoms with Gasteiger partial charge in [0.05, 0.1) is 16.3 Å². The number of aromatic nitrogens is 1. The van der Waals surface area contributed by atoms with Crippen LogP contribution in [-0.4, -0.2) is 44.3 Å². The summed E-state index contributed by atoms with van der Waals surface area (Å²) in [7, 11) is -3.46. The number of fused-ring (bicyclic) bond motifs is 1. The Balaban J connectivity index is 1.87. The van der Waals surface area contributed by atoms with Gasteiger partial charge < -0.3 is 14.6 Å². The fraction of sp³-hybridized carbons (Fsp3) is 0.312. The van der Waals surface area contributed by atoms with E-state index in [1.165, 1.54) is 30.0 Å². The molecule has 0 radical (unpaired) electrons. The van der Waals surface area contributed by atoms with Crippen molar-refractivity contribution in [2.24, 2.45) is 0 Å². The first-order chi connectivity index (χ1) is 12.3. The van der Waals surface area contributed by atoms with Crippen molar-refractivity contribution >= 4 is 33.2 Å². The average Bonchev–Trinajstić information content (AvgIpc) is 3.01. The zero-order chi connectivity index (χ0) is 18.9. The molecule has 1 N–H and O–H groups in total. The molecule has 1 aromatic carbocycles. The third-order valence-electron chi connectivity index (χ3n) is 3.81. The molecule has 2 aromatic rings. The smallest absolute Gasteiger partial charge is 0.265 e. The Bertz CT molecular complexity index is 966. The molecule has 0 aliphatic carbocycles. The van der Waals surface area contributed by atoms with Gasteiger partial charge in [0.1, 0.15) is 18.1 Å². The van der Waals surface area contributed by atoms with Crippen molar-refractivity contribution in [1.29, 1.82) is 0 Å². The van der Waals surface area contributed by atoms with E-state index < -0.39 is 21.7 Å². The van der Waals surface area contributed by atoms with Gasteiger partial charge in [0, 0.05) is 6.07 Å². The molecule has 0 saturated carbocycles. The number of anilines is 2.